The summed E-state index contributed by atoms with van der Waals surface area (Å²) in [5.41, 5.74) is 7.22. The first-order valence-electron chi connectivity index (χ1n) is 5.79. The fourth-order valence-corrected chi connectivity index (χ4v) is 1.82. The molecule has 0 saturated carbocycles. The fourth-order valence-electron chi connectivity index (χ4n) is 1.82. The van der Waals surface area contributed by atoms with Crippen molar-refractivity contribution in [3.05, 3.63) is 28.8 Å². The Kier molecular flexibility index (Phi) is 3.98. The van der Waals surface area contributed by atoms with E-state index in [2.05, 4.69) is 15.3 Å². The van der Waals surface area contributed by atoms with Crippen LogP contribution in [0.25, 0.3) is 10.9 Å². The molecule has 2 aromatic rings. The standard InChI is InChI=1S/C12H16N4O3/c1-19-5-7(4-17)16-11-3-10-8(2-9(11)13)12(18)15-6-14-10/h2-3,6-7,16-17H,4-5,13H2,1H3,(H,14,15,18). The average Bonchev–Trinajstić information content (AvgIpc) is 2.40. The van der Waals surface area contributed by atoms with Gasteiger partial charge in [0, 0.05) is 7.11 Å². The Morgan fingerprint density at radius 1 is 1.58 bits per heavy atom. The highest BCUT2D eigenvalue weighted by atomic mass is 16.5. The second-order valence-corrected chi connectivity index (χ2v) is 4.17. The molecule has 1 atom stereocenters. The number of aliphatic hydroxyl groups excluding tert-OH is 1. The number of H-pyrrole nitrogens is 1. The van der Waals surface area contributed by atoms with Gasteiger partial charge in [-0.05, 0) is 12.1 Å². The number of ether oxygens (including phenoxy) is 1. The Labute approximate surface area is 109 Å². The van der Waals surface area contributed by atoms with Crippen LogP contribution in [0.1, 0.15) is 0 Å². The van der Waals surface area contributed by atoms with Gasteiger partial charge in [0.05, 0.1) is 47.9 Å². The van der Waals surface area contributed by atoms with Crippen LogP contribution in [0.15, 0.2) is 23.3 Å². The number of nitrogen functional groups attached to an aromatic ring is 1. The highest BCUT2D eigenvalue weighted by Gasteiger charge is 2.11. The largest absolute Gasteiger partial charge is 0.397 e. The summed E-state index contributed by atoms with van der Waals surface area (Å²) in [6.45, 7) is 0.255. The van der Waals surface area contributed by atoms with Crippen LogP contribution >= 0.6 is 0 Å². The van der Waals surface area contributed by atoms with E-state index >= 15 is 0 Å². The lowest BCUT2D eigenvalue weighted by molar-refractivity contribution is 0.153. The molecule has 0 aliphatic carbocycles. The smallest absolute Gasteiger partial charge is 0.258 e. The highest BCUT2D eigenvalue weighted by molar-refractivity contribution is 5.88. The van der Waals surface area contributed by atoms with E-state index in [0.717, 1.165) is 0 Å². The topological polar surface area (TPSA) is 113 Å². The molecule has 0 bridgehead atoms. The molecule has 0 fully saturated rings. The third-order valence-electron chi connectivity index (χ3n) is 2.76. The van der Waals surface area contributed by atoms with Crippen molar-refractivity contribution in [1.29, 1.82) is 0 Å². The lowest BCUT2D eigenvalue weighted by atomic mass is 10.1. The zero-order chi connectivity index (χ0) is 13.8. The number of aromatic amines is 1. The minimum absolute atomic E-state index is 0.0892. The molecule has 0 saturated heterocycles. The van der Waals surface area contributed by atoms with Crippen LogP contribution < -0.4 is 16.6 Å². The minimum Gasteiger partial charge on any atom is -0.397 e. The molecular weight excluding hydrogens is 248 g/mol. The van der Waals surface area contributed by atoms with E-state index in [4.69, 9.17) is 10.5 Å². The van der Waals surface area contributed by atoms with Crippen molar-refractivity contribution in [3.63, 3.8) is 0 Å². The van der Waals surface area contributed by atoms with Crippen LogP contribution in [0.4, 0.5) is 11.4 Å². The van der Waals surface area contributed by atoms with Crippen LogP contribution in [-0.4, -0.2) is 41.4 Å². The Balaban J connectivity index is 2.39. The molecule has 7 nitrogen and oxygen atoms in total. The van der Waals surface area contributed by atoms with Gasteiger partial charge in [0.2, 0.25) is 0 Å². The first kappa shape index (κ1) is 13.3. The van der Waals surface area contributed by atoms with Gasteiger partial charge in [0.1, 0.15) is 0 Å². The Hall–Kier alpha value is -2.12. The van der Waals surface area contributed by atoms with Gasteiger partial charge in [-0.3, -0.25) is 4.79 Å². The fraction of sp³-hybridized carbons (Fsp3) is 0.333. The molecule has 1 heterocycles. The molecule has 5 N–H and O–H groups in total. The predicted molar refractivity (Wildman–Crippen MR) is 73.1 cm³/mol. The molecule has 7 heteroatoms. The van der Waals surface area contributed by atoms with E-state index in [-0.39, 0.29) is 18.2 Å². The molecule has 0 amide bonds. The molecule has 0 aliphatic rings. The van der Waals surface area contributed by atoms with E-state index in [0.29, 0.717) is 28.9 Å². The van der Waals surface area contributed by atoms with Crippen LogP contribution in [0.2, 0.25) is 0 Å². The van der Waals surface area contributed by atoms with Gasteiger partial charge in [-0.1, -0.05) is 0 Å². The second-order valence-electron chi connectivity index (χ2n) is 4.17. The second kappa shape index (κ2) is 5.68. The summed E-state index contributed by atoms with van der Waals surface area (Å²) in [4.78, 5) is 18.2. The van der Waals surface area contributed by atoms with Gasteiger partial charge in [-0.2, -0.15) is 0 Å². The summed E-state index contributed by atoms with van der Waals surface area (Å²) >= 11 is 0. The van der Waals surface area contributed by atoms with Crippen LogP contribution in [0, 0.1) is 0 Å². The molecule has 102 valence electrons. The van der Waals surface area contributed by atoms with E-state index in [9.17, 15) is 9.90 Å². The Morgan fingerprint density at radius 3 is 3.05 bits per heavy atom. The summed E-state index contributed by atoms with van der Waals surface area (Å²) in [5.74, 6) is 0. The first-order chi connectivity index (χ1) is 9.15. The number of methoxy groups -OCH3 is 1. The van der Waals surface area contributed by atoms with Crippen molar-refractivity contribution in [3.8, 4) is 0 Å². The number of anilines is 2. The molecular formula is C12H16N4O3. The first-order valence-corrected chi connectivity index (χ1v) is 5.79. The number of fused-ring (bicyclic) bond motifs is 1. The number of aliphatic hydroxyl groups is 1. The van der Waals surface area contributed by atoms with Gasteiger partial charge in [0.25, 0.3) is 5.56 Å². The molecule has 0 radical (unpaired) electrons. The quantitative estimate of drug-likeness (QED) is 0.562. The summed E-state index contributed by atoms with van der Waals surface area (Å²) < 4.78 is 4.98. The minimum atomic E-state index is -0.272. The van der Waals surface area contributed by atoms with Crippen molar-refractivity contribution in [2.45, 2.75) is 6.04 Å². The average molecular weight is 264 g/mol. The Bertz CT molecular complexity index is 626. The van der Waals surface area contributed by atoms with Crippen LogP contribution in [-0.2, 0) is 4.74 Å². The molecule has 1 aromatic heterocycles. The van der Waals surface area contributed by atoms with Gasteiger partial charge in [0.15, 0.2) is 0 Å². The van der Waals surface area contributed by atoms with E-state index in [1.165, 1.54) is 6.33 Å². The maximum atomic E-state index is 11.6. The van der Waals surface area contributed by atoms with Crippen molar-refractivity contribution in [2.24, 2.45) is 0 Å². The predicted octanol–water partition coefficient (Wildman–Crippen LogP) is -0.0755. The normalized spacial score (nSPS) is 12.5. The molecule has 19 heavy (non-hydrogen) atoms. The Morgan fingerprint density at radius 2 is 2.37 bits per heavy atom. The van der Waals surface area contributed by atoms with E-state index in [1.807, 2.05) is 0 Å². The summed E-state index contributed by atoms with van der Waals surface area (Å²) in [7, 11) is 1.55. The number of hydrogen-bond acceptors (Lipinski definition) is 6. The SMILES string of the molecule is COCC(CO)Nc1cc2nc[nH]c(=O)c2cc1N. The van der Waals surface area contributed by atoms with Gasteiger partial charge < -0.3 is 25.9 Å². The maximum Gasteiger partial charge on any atom is 0.258 e. The van der Waals surface area contributed by atoms with Gasteiger partial charge in [-0.25, -0.2) is 4.98 Å². The lowest BCUT2D eigenvalue weighted by Crippen LogP contribution is -2.29. The van der Waals surface area contributed by atoms with Crippen molar-refractivity contribution >= 4 is 22.3 Å². The zero-order valence-corrected chi connectivity index (χ0v) is 10.5. The third-order valence-corrected chi connectivity index (χ3v) is 2.76. The third kappa shape index (κ3) is 2.83. The van der Waals surface area contributed by atoms with Gasteiger partial charge >= 0.3 is 0 Å². The molecule has 1 aromatic carbocycles. The number of nitrogens with one attached hydrogen (secondary N) is 2. The van der Waals surface area contributed by atoms with E-state index < -0.39 is 0 Å². The highest BCUT2D eigenvalue weighted by Crippen LogP contribution is 2.23. The van der Waals surface area contributed by atoms with E-state index in [1.54, 1.807) is 19.2 Å². The number of nitrogens with two attached hydrogens (primary N) is 1. The number of aromatic nitrogens is 2. The van der Waals surface area contributed by atoms with Crippen molar-refractivity contribution in [2.75, 3.05) is 31.4 Å². The zero-order valence-electron chi connectivity index (χ0n) is 10.5. The maximum absolute atomic E-state index is 11.6. The summed E-state index contributed by atoms with van der Waals surface area (Å²) in [6.07, 6.45) is 1.34. The summed E-state index contributed by atoms with van der Waals surface area (Å²) in [6, 6.07) is 2.97. The molecule has 0 aliphatic heterocycles. The monoisotopic (exact) mass is 264 g/mol. The number of nitrogens with zero attached hydrogens (tertiary/aromatic N) is 1. The van der Waals surface area contributed by atoms with Crippen LogP contribution in [0.5, 0.6) is 0 Å². The van der Waals surface area contributed by atoms with Gasteiger partial charge in [-0.15, -0.1) is 0 Å². The molecule has 0 spiro atoms. The number of benzene rings is 1. The summed E-state index contributed by atoms with van der Waals surface area (Å²) in [5, 5.41) is 12.7. The van der Waals surface area contributed by atoms with Crippen LogP contribution in [0.3, 0.4) is 0 Å². The molecule has 1 unspecified atom stereocenters. The lowest BCUT2D eigenvalue weighted by Gasteiger charge is -2.18. The van der Waals surface area contributed by atoms with Crippen molar-refractivity contribution < 1.29 is 9.84 Å². The van der Waals surface area contributed by atoms with Crippen molar-refractivity contribution in [1.82, 2.24) is 9.97 Å². The number of rotatable bonds is 5. The molecule has 2 rings (SSSR count). The number of hydrogen-bond donors (Lipinski definition) is 4.